The minimum Gasteiger partial charge on any atom is -0.339 e. The molecule has 0 aliphatic heterocycles. The molecule has 0 saturated heterocycles. The van der Waals surface area contributed by atoms with Crippen LogP contribution in [0.15, 0.2) is 28.8 Å². The monoisotopic (exact) mass is 277 g/mol. The summed E-state index contributed by atoms with van der Waals surface area (Å²) in [5.74, 6) is 1.24. The molecule has 1 aromatic heterocycles. The van der Waals surface area contributed by atoms with Gasteiger partial charge in [0.1, 0.15) is 5.82 Å². The largest absolute Gasteiger partial charge is 0.339 e. The van der Waals surface area contributed by atoms with E-state index >= 15 is 0 Å². The van der Waals surface area contributed by atoms with Crippen LogP contribution in [0.1, 0.15) is 38.0 Å². The molecule has 108 valence electrons. The average molecular weight is 277 g/mol. The van der Waals surface area contributed by atoms with Crippen LogP contribution in [0, 0.1) is 11.7 Å². The fraction of sp³-hybridized carbons (Fsp3) is 0.467. The van der Waals surface area contributed by atoms with Crippen LogP contribution in [0.3, 0.4) is 0 Å². The first-order chi connectivity index (χ1) is 9.43. The summed E-state index contributed by atoms with van der Waals surface area (Å²) >= 11 is 0. The Balaban J connectivity index is 2.23. The molecule has 5 heteroatoms. The van der Waals surface area contributed by atoms with Crippen LogP contribution in [-0.2, 0) is 11.8 Å². The predicted molar refractivity (Wildman–Crippen MR) is 74.7 cm³/mol. The van der Waals surface area contributed by atoms with Crippen LogP contribution >= 0.6 is 0 Å². The number of benzene rings is 1. The molecular weight excluding hydrogens is 257 g/mol. The maximum atomic E-state index is 13.0. The third kappa shape index (κ3) is 3.04. The fourth-order valence-electron chi connectivity index (χ4n) is 1.97. The first-order valence-electron chi connectivity index (χ1n) is 6.72. The molecular formula is C15H20FN3O. The van der Waals surface area contributed by atoms with Crippen LogP contribution in [0.5, 0.6) is 0 Å². The van der Waals surface area contributed by atoms with E-state index < -0.39 is 5.41 Å². The van der Waals surface area contributed by atoms with E-state index in [1.54, 1.807) is 12.1 Å². The van der Waals surface area contributed by atoms with Gasteiger partial charge in [-0.25, -0.2) is 4.39 Å². The molecule has 0 spiro atoms. The van der Waals surface area contributed by atoms with Crippen molar-refractivity contribution in [1.29, 1.82) is 0 Å². The van der Waals surface area contributed by atoms with Gasteiger partial charge in [-0.3, -0.25) is 0 Å². The normalized spacial score (nSPS) is 13.4. The smallest absolute Gasteiger partial charge is 0.226 e. The topological polar surface area (TPSA) is 64.9 Å². The van der Waals surface area contributed by atoms with Crippen molar-refractivity contribution < 1.29 is 8.91 Å². The van der Waals surface area contributed by atoms with E-state index in [0.29, 0.717) is 30.6 Å². The molecule has 2 aromatic rings. The summed E-state index contributed by atoms with van der Waals surface area (Å²) in [6.45, 7) is 6.59. The maximum Gasteiger partial charge on any atom is 0.226 e. The number of nitrogens with two attached hydrogens (primary N) is 1. The highest BCUT2D eigenvalue weighted by Crippen LogP contribution is 2.29. The lowest BCUT2D eigenvalue weighted by atomic mass is 9.84. The van der Waals surface area contributed by atoms with Gasteiger partial charge in [0.05, 0.1) is 5.41 Å². The fourth-order valence-corrected chi connectivity index (χ4v) is 1.97. The molecule has 20 heavy (non-hydrogen) atoms. The molecule has 1 heterocycles. The Morgan fingerprint density at radius 2 is 1.95 bits per heavy atom. The zero-order valence-corrected chi connectivity index (χ0v) is 12.1. The Morgan fingerprint density at radius 3 is 2.55 bits per heavy atom. The molecule has 0 aliphatic carbocycles. The summed E-state index contributed by atoms with van der Waals surface area (Å²) in [7, 11) is 0. The summed E-state index contributed by atoms with van der Waals surface area (Å²) < 4.78 is 18.3. The molecule has 0 fully saturated rings. The molecule has 4 nitrogen and oxygen atoms in total. The second-order valence-electron chi connectivity index (χ2n) is 5.69. The lowest BCUT2D eigenvalue weighted by Gasteiger charge is -2.20. The van der Waals surface area contributed by atoms with Crippen molar-refractivity contribution in [3.63, 3.8) is 0 Å². The van der Waals surface area contributed by atoms with Gasteiger partial charge in [-0.05, 0) is 44.0 Å². The summed E-state index contributed by atoms with van der Waals surface area (Å²) in [6, 6.07) is 6.37. The van der Waals surface area contributed by atoms with Crippen LogP contribution in [0.25, 0.3) is 0 Å². The number of halogens is 1. The van der Waals surface area contributed by atoms with Gasteiger partial charge in [-0.15, -0.1) is 0 Å². The molecule has 0 radical (unpaired) electrons. The second-order valence-corrected chi connectivity index (χ2v) is 5.69. The Morgan fingerprint density at radius 1 is 1.30 bits per heavy atom. The zero-order valence-electron chi connectivity index (χ0n) is 12.1. The van der Waals surface area contributed by atoms with Crippen molar-refractivity contribution in [2.45, 2.75) is 32.6 Å². The highest BCUT2D eigenvalue weighted by atomic mass is 19.1. The van der Waals surface area contributed by atoms with Gasteiger partial charge >= 0.3 is 0 Å². The van der Waals surface area contributed by atoms with Gasteiger partial charge < -0.3 is 10.3 Å². The van der Waals surface area contributed by atoms with E-state index in [4.69, 9.17) is 10.3 Å². The Kier molecular flexibility index (Phi) is 4.18. The highest BCUT2D eigenvalue weighted by Gasteiger charge is 2.29. The van der Waals surface area contributed by atoms with Crippen molar-refractivity contribution in [2.24, 2.45) is 11.7 Å². The maximum absolute atomic E-state index is 13.0. The molecule has 1 aromatic carbocycles. The van der Waals surface area contributed by atoms with Gasteiger partial charge in [0.2, 0.25) is 5.89 Å². The van der Waals surface area contributed by atoms with E-state index in [-0.39, 0.29) is 5.82 Å². The molecule has 0 bridgehead atoms. The number of hydrogen-bond acceptors (Lipinski definition) is 4. The number of nitrogens with zero attached hydrogens (tertiary/aromatic N) is 2. The lowest BCUT2D eigenvalue weighted by molar-refractivity contribution is 0.350. The van der Waals surface area contributed by atoms with E-state index in [9.17, 15) is 4.39 Å². The first-order valence-corrected chi connectivity index (χ1v) is 6.72. The minimum absolute atomic E-state index is 0.255. The van der Waals surface area contributed by atoms with Crippen LogP contribution in [0.4, 0.5) is 4.39 Å². The number of rotatable bonds is 5. The molecule has 0 aliphatic rings. The van der Waals surface area contributed by atoms with Crippen molar-refractivity contribution in [3.05, 3.63) is 47.4 Å². The second kappa shape index (κ2) is 5.71. The Labute approximate surface area is 118 Å². The molecule has 2 N–H and O–H groups in total. The predicted octanol–water partition coefficient (Wildman–Crippen LogP) is 2.67. The summed E-state index contributed by atoms with van der Waals surface area (Å²) in [6.07, 6.45) is 0.670. The third-order valence-electron chi connectivity index (χ3n) is 3.52. The molecule has 0 amide bonds. The molecule has 2 rings (SSSR count). The first kappa shape index (κ1) is 14.7. The standard InChI is InChI=1S/C15H20FN3O/c1-10(9-17)8-13-18-14(19-20-13)15(2,3)11-4-6-12(16)7-5-11/h4-7,10H,8-9,17H2,1-3H3. The van der Waals surface area contributed by atoms with E-state index in [1.807, 2.05) is 20.8 Å². The highest BCUT2D eigenvalue weighted by molar-refractivity contribution is 5.30. The number of aromatic nitrogens is 2. The number of hydrogen-bond donors (Lipinski definition) is 1. The molecule has 1 unspecified atom stereocenters. The van der Waals surface area contributed by atoms with Crippen molar-refractivity contribution >= 4 is 0 Å². The third-order valence-corrected chi connectivity index (χ3v) is 3.52. The molecule has 0 saturated carbocycles. The Bertz CT molecular complexity index is 563. The average Bonchev–Trinajstić information content (AvgIpc) is 2.88. The van der Waals surface area contributed by atoms with Gasteiger partial charge in [-0.2, -0.15) is 4.98 Å². The van der Waals surface area contributed by atoms with Crippen LogP contribution < -0.4 is 5.73 Å². The minimum atomic E-state index is -0.429. The van der Waals surface area contributed by atoms with Crippen molar-refractivity contribution in [2.75, 3.05) is 6.54 Å². The van der Waals surface area contributed by atoms with Gasteiger partial charge in [0.15, 0.2) is 5.82 Å². The van der Waals surface area contributed by atoms with Crippen LogP contribution in [0.2, 0.25) is 0 Å². The van der Waals surface area contributed by atoms with E-state index in [0.717, 1.165) is 5.56 Å². The van der Waals surface area contributed by atoms with Crippen molar-refractivity contribution in [1.82, 2.24) is 10.1 Å². The zero-order chi connectivity index (χ0) is 14.8. The van der Waals surface area contributed by atoms with Crippen molar-refractivity contribution in [3.8, 4) is 0 Å². The van der Waals surface area contributed by atoms with Gasteiger partial charge in [-0.1, -0.05) is 24.2 Å². The summed E-state index contributed by atoms with van der Waals surface area (Å²) in [5.41, 5.74) is 6.11. The Hall–Kier alpha value is -1.75. The van der Waals surface area contributed by atoms with Gasteiger partial charge in [0.25, 0.3) is 0 Å². The molecule has 1 atom stereocenters. The summed E-state index contributed by atoms with van der Waals surface area (Å²) in [5, 5.41) is 4.05. The quantitative estimate of drug-likeness (QED) is 0.912. The van der Waals surface area contributed by atoms with Gasteiger partial charge in [0, 0.05) is 6.42 Å². The van der Waals surface area contributed by atoms with E-state index in [2.05, 4.69) is 10.1 Å². The summed E-state index contributed by atoms with van der Waals surface area (Å²) in [4.78, 5) is 4.44. The lowest BCUT2D eigenvalue weighted by Crippen LogP contribution is -2.21. The van der Waals surface area contributed by atoms with E-state index in [1.165, 1.54) is 12.1 Å². The van der Waals surface area contributed by atoms with Crippen LogP contribution in [-0.4, -0.2) is 16.7 Å². The SMILES string of the molecule is CC(CN)Cc1nc(C(C)(C)c2ccc(F)cc2)no1.